The van der Waals surface area contributed by atoms with Crippen molar-refractivity contribution >= 4 is 40.1 Å². The van der Waals surface area contributed by atoms with Gasteiger partial charge >= 0.3 is 6.09 Å². The van der Waals surface area contributed by atoms with Crippen LogP contribution >= 0.6 is 12.2 Å². The molecule has 1 aliphatic rings. The molecular weight excluding hydrogens is 280 g/mol. The van der Waals surface area contributed by atoms with Crippen LogP contribution in [0.15, 0.2) is 36.4 Å². The number of nitrogens with zero attached hydrogens (tertiary/aromatic N) is 1. The summed E-state index contributed by atoms with van der Waals surface area (Å²) in [7, 11) is 0. The largest absolute Gasteiger partial charge is 0.465 e. The minimum atomic E-state index is -1.35. The van der Waals surface area contributed by atoms with Gasteiger partial charge < -0.3 is 5.11 Å². The smallest absolute Gasteiger partial charge is 0.409 e. The van der Waals surface area contributed by atoms with Gasteiger partial charge in [-0.15, -0.1) is 0 Å². The van der Waals surface area contributed by atoms with E-state index in [1.165, 1.54) is 12.1 Å². The average Bonchev–Trinajstić information content (AvgIpc) is 2.39. The molecule has 1 aromatic rings. The number of thiocarbonyl (C=S) groups is 1. The number of amides is 1. The predicted octanol–water partition coefficient (Wildman–Crippen LogP) is 3.40. The number of hydrogen-bond donors (Lipinski definition) is 2. The molecule has 0 aliphatic heterocycles. The van der Waals surface area contributed by atoms with Crippen molar-refractivity contribution in [2.75, 3.05) is 5.32 Å². The lowest BCUT2D eigenvalue weighted by Gasteiger charge is -2.11. The highest BCUT2D eigenvalue weighted by Gasteiger charge is 2.19. The van der Waals surface area contributed by atoms with Gasteiger partial charge in [-0.25, -0.2) is 4.79 Å². The second-order valence-electron chi connectivity index (χ2n) is 4.05. The molecule has 2 N–H and O–H groups in total. The Hall–Kier alpha value is -2.54. The van der Waals surface area contributed by atoms with Gasteiger partial charge in [0.2, 0.25) is 0 Å². The number of carbonyl (C=O) groups is 1. The summed E-state index contributed by atoms with van der Waals surface area (Å²) in [4.78, 5) is 21.7. The summed E-state index contributed by atoms with van der Waals surface area (Å²) in [6, 6.07) is 4.29. The van der Waals surface area contributed by atoms with Gasteiger partial charge in [-0.2, -0.15) is 0 Å². The maximum atomic E-state index is 11.0. The van der Waals surface area contributed by atoms with Gasteiger partial charge in [-0.3, -0.25) is 15.4 Å². The number of nitro groups is 1. The van der Waals surface area contributed by atoms with Crippen molar-refractivity contribution in [2.24, 2.45) is 0 Å². The fourth-order valence-corrected chi connectivity index (χ4v) is 2.15. The van der Waals surface area contributed by atoms with E-state index >= 15 is 0 Å². The second kappa shape index (κ2) is 5.62. The number of rotatable bonds is 3. The molecule has 0 atom stereocenters. The highest BCUT2D eigenvalue weighted by atomic mass is 32.1. The van der Waals surface area contributed by atoms with Crippen LogP contribution in [0.3, 0.4) is 0 Å². The first-order chi connectivity index (χ1) is 9.49. The molecule has 0 radical (unpaired) electrons. The monoisotopic (exact) mass is 290 g/mol. The molecule has 0 heterocycles. The van der Waals surface area contributed by atoms with Crippen molar-refractivity contribution in [3.8, 4) is 0 Å². The first-order valence-corrected chi connectivity index (χ1v) is 6.08. The summed E-state index contributed by atoms with van der Waals surface area (Å²) in [5, 5.41) is 21.7. The van der Waals surface area contributed by atoms with E-state index in [1.54, 1.807) is 12.1 Å². The Morgan fingerprint density at radius 3 is 2.80 bits per heavy atom. The number of anilines is 1. The fraction of sp³-hybridized carbons (Fsp3) is 0.0769. The summed E-state index contributed by atoms with van der Waals surface area (Å²) >= 11 is 5.22. The van der Waals surface area contributed by atoms with Crippen LogP contribution in [0.5, 0.6) is 0 Å². The first-order valence-electron chi connectivity index (χ1n) is 5.68. The SMILES string of the molecule is O=C(O)Nc1ccc(C2=CC=CCC2=S)cc1[N+](=O)[O-]. The summed E-state index contributed by atoms with van der Waals surface area (Å²) in [6.45, 7) is 0. The minimum absolute atomic E-state index is 0.0656. The van der Waals surface area contributed by atoms with Crippen LogP contribution in [-0.4, -0.2) is 21.0 Å². The van der Waals surface area contributed by atoms with Gasteiger partial charge in [-0.05, 0) is 17.2 Å². The van der Waals surface area contributed by atoms with Crippen molar-refractivity contribution < 1.29 is 14.8 Å². The van der Waals surface area contributed by atoms with E-state index in [4.69, 9.17) is 17.3 Å². The Morgan fingerprint density at radius 2 is 2.20 bits per heavy atom. The van der Waals surface area contributed by atoms with Crippen LogP contribution in [0.1, 0.15) is 12.0 Å². The Kier molecular flexibility index (Phi) is 3.90. The van der Waals surface area contributed by atoms with Crippen LogP contribution in [-0.2, 0) is 0 Å². The van der Waals surface area contributed by atoms with Crippen LogP contribution in [0.2, 0.25) is 0 Å². The third-order valence-electron chi connectivity index (χ3n) is 2.75. The zero-order valence-corrected chi connectivity index (χ0v) is 11.0. The number of allylic oxidation sites excluding steroid dienone is 4. The molecule has 6 nitrogen and oxygen atoms in total. The van der Waals surface area contributed by atoms with Crippen molar-refractivity contribution in [1.82, 2.24) is 0 Å². The molecular formula is C13H10N2O4S. The van der Waals surface area contributed by atoms with E-state index in [9.17, 15) is 14.9 Å². The van der Waals surface area contributed by atoms with E-state index in [0.29, 0.717) is 16.8 Å². The van der Waals surface area contributed by atoms with E-state index in [2.05, 4.69) is 0 Å². The minimum Gasteiger partial charge on any atom is -0.465 e. The Bertz CT molecular complexity index is 664. The van der Waals surface area contributed by atoms with Crippen LogP contribution in [0.4, 0.5) is 16.2 Å². The Morgan fingerprint density at radius 1 is 1.45 bits per heavy atom. The number of carboxylic acid groups (broad SMARTS) is 1. The van der Waals surface area contributed by atoms with Crippen molar-refractivity contribution in [3.05, 3.63) is 52.1 Å². The standard InChI is InChI=1S/C13H10N2O4S/c16-13(17)14-10-6-5-8(7-11(10)15(18)19)9-3-1-2-4-12(9)20/h1-3,5-7,14H,4H2,(H,16,17). The molecule has 0 aromatic heterocycles. The molecule has 1 aliphatic carbocycles. The highest BCUT2D eigenvalue weighted by molar-refractivity contribution is 7.81. The summed E-state index contributed by atoms with van der Waals surface area (Å²) < 4.78 is 0. The first kappa shape index (κ1) is 13.9. The topological polar surface area (TPSA) is 92.5 Å². The van der Waals surface area contributed by atoms with Crippen molar-refractivity contribution in [2.45, 2.75) is 6.42 Å². The molecule has 7 heteroatoms. The molecule has 0 saturated heterocycles. The quantitative estimate of drug-likeness (QED) is 0.505. The number of hydrogen-bond acceptors (Lipinski definition) is 4. The third kappa shape index (κ3) is 2.89. The molecule has 0 unspecified atom stereocenters. The van der Waals surface area contributed by atoms with Gasteiger partial charge in [0.15, 0.2) is 0 Å². The van der Waals surface area contributed by atoms with Gasteiger partial charge in [0.25, 0.3) is 5.69 Å². The molecule has 102 valence electrons. The molecule has 0 saturated carbocycles. The number of nitro benzene ring substituents is 1. The molecule has 0 fully saturated rings. The van der Waals surface area contributed by atoms with Crippen molar-refractivity contribution in [3.63, 3.8) is 0 Å². The van der Waals surface area contributed by atoms with Crippen molar-refractivity contribution in [1.29, 1.82) is 0 Å². The van der Waals surface area contributed by atoms with Crippen LogP contribution in [0, 0.1) is 10.1 Å². The molecule has 0 bridgehead atoms. The van der Waals surface area contributed by atoms with E-state index in [1.807, 2.05) is 17.5 Å². The Balaban J connectivity index is 2.47. The van der Waals surface area contributed by atoms with Gasteiger partial charge in [0.1, 0.15) is 5.69 Å². The van der Waals surface area contributed by atoms with Crippen LogP contribution < -0.4 is 5.32 Å². The van der Waals surface area contributed by atoms with Gasteiger partial charge in [0.05, 0.1) is 4.92 Å². The number of benzene rings is 1. The normalized spacial score (nSPS) is 13.8. The lowest BCUT2D eigenvalue weighted by atomic mass is 9.96. The maximum Gasteiger partial charge on any atom is 0.409 e. The molecule has 20 heavy (non-hydrogen) atoms. The van der Waals surface area contributed by atoms with Gasteiger partial charge in [-0.1, -0.05) is 36.5 Å². The zero-order valence-electron chi connectivity index (χ0n) is 10.2. The third-order valence-corrected chi connectivity index (χ3v) is 3.14. The molecule has 1 amide bonds. The van der Waals surface area contributed by atoms with Gasteiger partial charge in [0, 0.05) is 17.4 Å². The average molecular weight is 290 g/mol. The van der Waals surface area contributed by atoms with E-state index in [0.717, 1.165) is 5.57 Å². The zero-order chi connectivity index (χ0) is 14.7. The molecule has 0 spiro atoms. The maximum absolute atomic E-state index is 11.0. The predicted molar refractivity (Wildman–Crippen MR) is 79.1 cm³/mol. The summed E-state index contributed by atoms with van der Waals surface area (Å²) in [5.41, 5.74) is 0.974. The van der Waals surface area contributed by atoms with Crippen LogP contribution in [0.25, 0.3) is 5.57 Å². The lowest BCUT2D eigenvalue weighted by Crippen LogP contribution is -2.10. The molecule has 2 rings (SSSR count). The second-order valence-corrected chi connectivity index (χ2v) is 4.55. The number of nitrogens with one attached hydrogen (secondary N) is 1. The summed E-state index contributed by atoms with van der Waals surface area (Å²) in [6.07, 6.45) is 4.79. The lowest BCUT2D eigenvalue weighted by molar-refractivity contribution is -0.383. The Labute approximate surface area is 119 Å². The molecule has 1 aromatic carbocycles. The van der Waals surface area contributed by atoms with E-state index < -0.39 is 11.0 Å². The van der Waals surface area contributed by atoms with E-state index in [-0.39, 0.29) is 11.4 Å². The summed E-state index contributed by atoms with van der Waals surface area (Å²) in [5.74, 6) is 0. The highest BCUT2D eigenvalue weighted by Crippen LogP contribution is 2.30. The fourth-order valence-electron chi connectivity index (χ4n) is 1.87.